The average molecular weight is 455 g/mol. The lowest BCUT2D eigenvalue weighted by Gasteiger charge is -2.34. The van der Waals surface area contributed by atoms with E-state index in [0.29, 0.717) is 23.7 Å². The second-order valence-electron chi connectivity index (χ2n) is 6.10. The Labute approximate surface area is 178 Å². The van der Waals surface area contributed by atoms with Crippen LogP contribution in [0.25, 0.3) is 0 Å². The molecule has 0 saturated carbocycles. The van der Waals surface area contributed by atoms with E-state index in [-0.39, 0.29) is 23.9 Å². The van der Waals surface area contributed by atoms with Crippen LogP contribution in [0.2, 0.25) is 5.02 Å². The van der Waals surface area contributed by atoms with Crippen molar-refractivity contribution in [3.8, 4) is 0 Å². The lowest BCUT2D eigenvalue weighted by molar-refractivity contribution is -0.159. The number of hydrogen-bond donors (Lipinski definition) is 2. The maximum Gasteiger partial charge on any atom is 0.414 e. The topological polar surface area (TPSA) is 132 Å². The first-order valence-electron chi connectivity index (χ1n) is 8.70. The Morgan fingerprint density at radius 1 is 0.800 bits per heavy atom. The number of halogens is 1. The molecule has 2 N–H and O–H groups in total. The summed E-state index contributed by atoms with van der Waals surface area (Å²) in [5.41, 5.74) is 0.443. The van der Waals surface area contributed by atoms with E-state index < -0.39 is 22.0 Å². The number of sulfonamides is 1. The first kappa shape index (κ1) is 23.3. The Bertz CT molecular complexity index is 1010. The Hall–Kier alpha value is -2.95. The fourth-order valence-corrected chi connectivity index (χ4v) is 4.34. The van der Waals surface area contributed by atoms with Crippen LogP contribution in [0.15, 0.2) is 59.5 Å². The molecule has 0 spiro atoms. The number of rotatable bonds is 3. The van der Waals surface area contributed by atoms with Crippen LogP contribution in [-0.4, -0.2) is 71.9 Å². The van der Waals surface area contributed by atoms with Gasteiger partial charge < -0.3 is 15.1 Å². The molecule has 0 aromatic heterocycles. The van der Waals surface area contributed by atoms with Crippen LogP contribution in [0.3, 0.4) is 0 Å². The maximum atomic E-state index is 12.6. The van der Waals surface area contributed by atoms with Gasteiger partial charge in [-0.15, -0.1) is 0 Å². The summed E-state index contributed by atoms with van der Waals surface area (Å²) in [6.07, 6.45) is 0. The second kappa shape index (κ2) is 10.2. The van der Waals surface area contributed by atoms with E-state index in [0.717, 1.165) is 0 Å². The zero-order chi connectivity index (χ0) is 22.3. The van der Waals surface area contributed by atoms with Crippen molar-refractivity contribution >= 4 is 39.5 Å². The molecule has 9 nitrogen and oxygen atoms in total. The molecule has 1 aliphatic heterocycles. The molecule has 2 aromatic rings. The molecule has 1 saturated heterocycles. The van der Waals surface area contributed by atoms with E-state index >= 15 is 0 Å². The quantitative estimate of drug-likeness (QED) is 0.673. The van der Waals surface area contributed by atoms with E-state index in [9.17, 15) is 13.2 Å². The third kappa shape index (κ3) is 5.78. The minimum atomic E-state index is -3.51. The molecule has 0 aliphatic carbocycles. The number of carboxylic acids is 2. The fourth-order valence-electron chi connectivity index (χ4n) is 2.68. The van der Waals surface area contributed by atoms with Crippen LogP contribution in [0.5, 0.6) is 0 Å². The van der Waals surface area contributed by atoms with Gasteiger partial charge in [0, 0.05) is 26.2 Å². The number of carbonyl (C=O) groups is 3. The molecule has 0 radical (unpaired) electrons. The molecule has 1 aliphatic rings. The van der Waals surface area contributed by atoms with Crippen LogP contribution in [0, 0.1) is 0 Å². The van der Waals surface area contributed by atoms with Gasteiger partial charge in [0.05, 0.1) is 15.5 Å². The van der Waals surface area contributed by atoms with Gasteiger partial charge in [0.2, 0.25) is 10.0 Å². The smallest absolute Gasteiger partial charge is 0.414 e. The second-order valence-corrected chi connectivity index (χ2v) is 8.44. The fraction of sp³-hybridized carbons (Fsp3) is 0.211. The molecule has 1 amide bonds. The minimum absolute atomic E-state index is 0.169. The van der Waals surface area contributed by atoms with Gasteiger partial charge in [-0.25, -0.2) is 18.0 Å². The third-order valence-electron chi connectivity index (χ3n) is 4.19. The lowest BCUT2D eigenvalue weighted by Crippen LogP contribution is -2.50. The van der Waals surface area contributed by atoms with Gasteiger partial charge in [-0.1, -0.05) is 41.9 Å². The summed E-state index contributed by atoms with van der Waals surface area (Å²) in [7, 11) is -3.51. The van der Waals surface area contributed by atoms with Crippen molar-refractivity contribution in [1.82, 2.24) is 9.21 Å². The molecule has 11 heteroatoms. The largest absolute Gasteiger partial charge is 0.473 e. The van der Waals surface area contributed by atoms with Crippen LogP contribution in [0.4, 0.5) is 0 Å². The number of nitrogens with zero attached hydrogens (tertiary/aromatic N) is 2. The minimum Gasteiger partial charge on any atom is -0.473 e. The van der Waals surface area contributed by atoms with Crippen LogP contribution in [0.1, 0.15) is 10.4 Å². The van der Waals surface area contributed by atoms with Crippen molar-refractivity contribution in [2.45, 2.75) is 4.90 Å². The molecule has 3 rings (SSSR count). The SMILES string of the molecule is O=C(O)C(=O)O.O=C(c1ccccc1Cl)N1CCN(S(=O)(=O)c2ccccc2)CC1. The zero-order valence-corrected chi connectivity index (χ0v) is 17.2. The highest BCUT2D eigenvalue weighted by atomic mass is 35.5. The molecule has 0 unspecified atom stereocenters. The average Bonchev–Trinajstić information content (AvgIpc) is 2.74. The molecule has 1 heterocycles. The van der Waals surface area contributed by atoms with Crippen molar-refractivity contribution in [3.63, 3.8) is 0 Å². The summed E-state index contributed by atoms with van der Waals surface area (Å²) in [4.78, 5) is 32.6. The van der Waals surface area contributed by atoms with E-state index in [1.165, 1.54) is 4.31 Å². The summed E-state index contributed by atoms with van der Waals surface area (Å²) in [6.45, 7) is 1.23. The van der Waals surface area contributed by atoms with E-state index in [2.05, 4.69) is 0 Å². The van der Waals surface area contributed by atoms with E-state index in [1.54, 1.807) is 59.5 Å². The van der Waals surface area contributed by atoms with Crippen molar-refractivity contribution in [1.29, 1.82) is 0 Å². The summed E-state index contributed by atoms with van der Waals surface area (Å²) in [5.74, 6) is -3.82. The summed E-state index contributed by atoms with van der Waals surface area (Å²) in [5, 5.41) is 15.2. The Morgan fingerprint density at radius 2 is 1.30 bits per heavy atom. The van der Waals surface area contributed by atoms with Gasteiger partial charge in [-0.05, 0) is 24.3 Å². The number of piperazine rings is 1. The normalized spacial score (nSPS) is 14.4. The Kier molecular flexibility index (Phi) is 7.93. The van der Waals surface area contributed by atoms with Gasteiger partial charge in [-0.2, -0.15) is 4.31 Å². The standard InChI is InChI=1S/C17H17ClN2O3S.C2H2O4/c18-16-9-5-4-8-15(16)17(21)19-10-12-20(13-11-19)24(22,23)14-6-2-1-3-7-14;3-1(4)2(5)6/h1-9H,10-13H2;(H,3,4)(H,5,6). The molecule has 0 bridgehead atoms. The number of carbonyl (C=O) groups excluding carboxylic acids is 1. The van der Waals surface area contributed by atoms with Crippen LogP contribution in [-0.2, 0) is 19.6 Å². The molecule has 160 valence electrons. The molecule has 0 atom stereocenters. The number of hydrogen-bond acceptors (Lipinski definition) is 5. The highest BCUT2D eigenvalue weighted by Gasteiger charge is 2.30. The molecule has 1 fully saturated rings. The van der Waals surface area contributed by atoms with Crippen molar-refractivity contribution in [2.75, 3.05) is 26.2 Å². The zero-order valence-electron chi connectivity index (χ0n) is 15.6. The van der Waals surface area contributed by atoms with Gasteiger partial charge in [0.1, 0.15) is 0 Å². The predicted molar refractivity (Wildman–Crippen MR) is 108 cm³/mol. The number of aliphatic carboxylic acids is 2. The van der Waals surface area contributed by atoms with Gasteiger partial charge in [0.15, 0.2) is 0 Å². The summed E-state index contributed by atoms with van der Waals surface area (Å²) >= 11 is 6.07. The van der Waals surface area contributed by atoms with E-state index in [4.69, 9.17) is 31.4 Å². The van der Waals surface area contributed by atoms with Crippen molar-refractivity contribution in [2.24, 2.45) is 0 Å². The van der Waals surface area contributed by atoms with Crippen LogP contribution >= 0.6 is 11.6 Å². The maximum absolute atomic E-state index is 12.6. The van der Waals surface area contributed by atoms with Gasteiger partial charge in [-0.3, -0.25) is 4.79 Å². The lowest BCUT2D eigenvalue weighted by atomic mass is 10.2. The van der Waals surface area contributed by atoms with Crippen LogP contribution < -0.4 is 0 Å². The van der Waals surface area contributed by atoms with Gasteiger partial charge >= 0.3 is 11.9 Å². The summed E-state index contributed by atoms with van der Waals surface area (Å²) in [6, 6.07) is 15.2. The summed E-state index contributed by atoms with van der Waals surface area (Å²) < 4.78 is 26.6. The molecule has 2 aromatic carbocycles. The van der Waals surface area contributed by atoms with Crippen molar-refractivity contribution in [3.05, 3.63) is 65.2 Å². The van der Waals surface area contributed by atoms with E-state index in [1.807, 2.05) is 0 Å². The predicted octanol–water partition coefficient (Wildman–Crippen LogP) is 1.64. The first-order chi connectivity index (χ1) is 14.1. The Balaban J connectivity index is 0.000000469. The third-order valence-corrected chi connectivity index (χ3v) is 6.44. The highest BCUT2D eigenvalue weighted by molar-refractivity contribution is 7.89. The number of carboxylic acid groups (broad SMARTS) is 2. The monoisotopic (exact) mass is 454 g/mol. The van der Waals surface area contributed by atoms with Crippen molar-refractivity contribution < 1.29 is 33.0 Å². The highest BCUT2D eigenvalue weighted by Crippen LogP contribution is 2.20. The molecular formula is C19H19ClN2O7S. The van der Waals surface area contributed by atoms with Gasteiger partial charge in [0.25, 0.3) is 5.91 Å². The number of benzene rings is 2. The Morgan fingerprint density at radius 3 is 1.80 bits per heavy atom. The molecule has 30 heavy (non-hydrogen) atoms. The number of amides is 1. The molecular weight excluding hydrogens is 436 g/mol. The first-order valence-corrected chi connectivity index (χ1v) is 10.5.